The monoisotopic (exact) mass is 253 g/mol. The predicted molar refractivity (Wildman–Crippen MR) is 70.8 cm³/mol. The Morgan fingerprint density at radius 2 is 2.11 bits per heavy atom. The van der Waals surface area contributed by atoms with Gasteiger partial charge in [-0.25, -0.2) is 4.98 Å². The summed E-state index contributed by atoms with van der Waals surface area (Å²) in [6, 6.07) is 9.39. The first-order valence-corrected chi connectivity index (χ1v) is 5.78. The Bertz CT molecular complexity index is 744. The van der Waals surface area contributed by atoms with Crippen molar-refractivity contribution >= 4 is 22.5 Å². The van der Waals surface area contributed by atoms with Crippen LogP contribution in [0.1, 0.15) is 16.4 Å². The molecule has 94 valence electrons. The highest BCUT2D eigenvalue weighted by Gasteiger charge is 2.12. The molecule has 0 spiro atoms. The highest BCUT2D eigenvalue weighted by molar-refractivity contribution is 6.06. The van der Waals surface area contributed by atoms with Crippen LogP contribution in [-0.2, 0) is 0 Å². The van der Waals surface area contributed by atoms with Gasteiger partial charge in [0.05, 0.1) is 11.2 Å². The maximum Gasteiger partial charge on any atom is 0.295 e. The van der Waals surface area contributed by atoms with E-state index in [0.717, 1.165) is 10.9 Å². The Labute approximate surface area is 108 Å². The number of carbonyl (C=O) groups excluding carboxylic acids is 1. The van der Waals surface area contributed by atoms with E-state index >= 15 is 0 Å². The first kappa shape index (κ1) is 11.3. The number of nitrogens with one attached hydrogen (secondary N) is 2. The van der Waals surface area contributed by atoms with Gasteiger partial charge in [-0.2, -0.15) is 0 Å². The number of pyridine rings is 1. The van der Waals surface area contributed by atoms with Crippen molar-refractivity contribution in [2.24, 2.45) is 0 Å². The summed E-state index contributed by atoms with van der Waals surface area (Å²) >= 11 is 0. The molecule has 2 aromatic heterocycles. The van der Waals surface area contributed by atoms with Crippen molar-refractivity contribution in [3.05, 3.63) is 48.2 Å². The summed E-state index contributed by atoms with van der Waals surface area (Å²) in [6.45, 7) is 1.74. The van der Waals surface area contributed by atoms with Gasteiger partial charge >= 0.3 is 0 Å². The van der Waals surface area contributed by atoms with E-state index in [1.54, 1.807) is 19.2 Å². The summed E-state index contributed by atoms with van der Waals surface area (Å²) in [7, 11) is 0. The number of benzene rings is 1. The molecule has 0 aliphatic carbocycles. The van der Waals surface area contributed by atoms with E-state index in [1.807, 2.05) is 24.3 Å². The normalized spacial score (nSPS) is 10.6. The Hall–Kier alpha value is -2.76. The molecule has 0 atom stereocenters. The fourth-order valence-electron chi connectivity index (χ4n) is 1.83. The number of carbonyl (C=O) groups is 1. The Kier molecular flexibility index (Phi) is 2.68. The van der Waals surface area contributed by atoms with Crippen molar-refractivity contribution in [2.75, 3.05) is 5.32 Å². The van der Waals surface area contributed by atoms with Gasteiger partial charge in [-0.05, 0) is 19.1 Å². The van der Waals surface area contributed by atoms with Gasteiger partial charge in [-0.1, -0.05) is 18.2 Å². The van der Waals surface area contributed by atoms with Crippen molar-refractivity contribution < 1.29 is 4.79 Å². The number of hydrogen-bond donors (Lipinski definition) is 2. The van der Waals surface area contributed by atoms with Crippen LogP contribution >= 0.6 is 0 Å². The van der Waals surface area contributed by atoms with Gasteiger partial charge in [0.25, 0.3) is 5.91 Å². The number of amides is 1. The number of anilines is 1. The Morgan fingerprint density at radius 3 is 2.89 bits per heavy atom. The number of aryl methyl sites for hydroxylation is 1. The molecule has 2 heterocycles. The third kappa shape index (κ3) is 2.15. The maximum absolute atomic E-state index is 12.0. The lowest BCUT2D eigenvalue weighted by Crippen LogP contribution is -2.14. The molecule has 0 unspecified atom stereocenters. The van der Waals surface area contributed by atoms with Gasteiger partial charge in [0, 0.05) is 11.6 Å². The topological polar surface area (TPSA) is 83.6 Å². The minimum absolute atomic E-state index is 0.116. The first-order valence-electron chi connectivity index (χ1n) is 5.78. The van der Waals surface area contributed by atoms with Crippen molar-refractivity contribution in [1.29, 1.82) is 0 Å². The third-order valence-corrected chi connectivity index (χ3v) is 2.68. The molecule has 0 aliphatic rings. The van der Waals surface area contributed by atoms with E-state index in [9.17, 15) is 4.79 Å². The molecule has 6 nitrogen and oxygen atoms in total. The second-order valence-corrected chi connectivity index (χ2v) is 4.08. The summed E-state index contributed by atoms with van der Waals surface area (Å²) in [5.74, 6) is 0.356. The average Bonchev–Trinajstić information content (AvgIpc) is 2.86. The number of hydrogen-bond acceptors (Lipinski definition) is 4. The zero-order valence-electron chi connectivity index (χ0n) is 10.2. The molecule has 0 saturated carbocycles. The summed E-state index contributed by atoms with van der Waals surface area (Å²) in [5, 5.41) is 10.2. The van der Waals surface area contributed by atoms with Gasteiger partial charge in [0.1, 0.15) is 5.82 Å². The van der Waals surface area contributed by atoms with E-state index in [1.165, 1.54) is 0 Å². The number of nitrogens with zero attached hydrogens (tertiary/aromatic N) is 3. The van der Waals surface area contributed by atoms with E-state index in [-0.39, 0.29) is 11.7 Å². The quantitative estimate of drug-likeness (QED) is 0.730. The molecule has 0 radical (unpaired) electrons. The molecule has 6 heteroatoms. The predicted octanol–water partition coefficient (Wildman–Crippen LogP) is 1.91. The lowest BCUT2D eigenvalue weighted by Gasteiger charge is -2.05. The maximum atomic E-state index is 12.0. The average molecular weight is 253 g/mol. The third-order valence-electron chi connectivity index (χ3n) is 2.68. The molecule has 19 heavy (non-hydrogen) atoms. The van der Waals surface area contributed by atoms with E-state index in [0.29, 0.717) is 11.5 Å². The zero-order valence-corrected chi connectivity index (χ0v) is 10.2. The lowest BCUT2D eigenvalue weighted by molar-refractivity contribution is 0.101. The molecule has 1 aromatic carbocycles. The van der Waals surface area contributed by atoms with Crippen LogP contribution in [0, 0.1) is 6.92 Å². The van der Waals surface area contributed by atoms with Crippen LogP contribution in [0.4, 0.5) is 5.69 Å². The molecular formula is C13H11N5O. The summed E-state index contributed by atoms with van der Waals surface area (Å²) in [4.78, 5) is 20.2. The molecule has 0 aliphatic heterocycles. The number of rotatable bonds is 2. The number of aromatic amines is 1. The van der Waals surface area contributed by atoms with E-state index in [2.05, 4.69) is 25.5 Å². The van der Waals surface area contributed by atoms with Gasteiger partial charge < -0.3 is 5.32 Å². The van der Waals surface area contributed by atoms with Gasteiger partial charge in [-0.15, -0.1) is 5.10 Å². The second-order valence-electron chi connectivity index (χ2n) is 4.08. The number of aromatic nitrogens is 4. The van der Waals surface area contributed by atoms with Crippen LogP contribution in [0.3, 0.4) is 0 Å². The minimum atomic E-state index is -0.359. The number of fused-ring (bicyclic) bond motifs is 1. The molecule has 3 rings (SSSR count). The van der Waals surface area contributed by atoms with Crippen LogP contribution < -0.4 is 5.32 Å². The van der Waals surface area contributed by atoms with Gasteiger partial charge in [0.2, 0.25) is 5.82 Å². The summed E-state index contributed by atoms with van der Waals surface area (Å²) in [6.07, 6.45) is 1.69. The molecule has 3 aromatic rings. The summed E-state index contributed by atoms with van der Waals surface area (Å²) < 4.78 is 0. The minimum Gasteiger partial charge on any atom is -0.317 e. The first-order chi connectivity index (χ1) is 9.24. The van der Waals surface area contributed by atoms with Gasteiger partial charge in [-0.3, -0.25) is 14.9 Å². The van der Waals surface area contributed by atoms with Crippen molar-refractivity contribution in [2.45, 2.75) is 6.92 Å². The lowest BCUT2D eigenvalue weighted by atomic mass is 10.2. The molecule has 2 N–H and O–H groups in total. The van der Waals surface area contributed by atoms with Crippen LogP contribution in [0.2, 0.25) is 0 Å². The highest BCUT2D eigenvalue weighted by atomic mass is 16.2. The molecule has 0 saturated heterocycles. The largest absolute Gasteiger partial charge is 0.317 e. The van der Waals surface area contributed by atoms with Crippen LogP contribution in [0.15, 0.2) is 36.5 Å². The number of H-pyrrole nitrogens is 1. The van der Waals surface area contributed by atoms with Crippen LogP contribution in [-0.4, -0.2) is 26.1 Å². The zero-order chi connectivity index (χ0) is 13.2. The summed E-state index contributed by atoms with van der Waals surface area (Å²) in [5.41, 5.74) is 1.39. The van der Waals surface area contributed by atoms with Crippen LogP contribution in [0.5, 0.6) is 0 Å². The van der Waals surface area contributed by atoms with Crippen molar-refractivity contribution in [3.63, 3.8) is 0 Å². The Morgan fingerprint density at radius 1 is 1.26 bits per heavy atom. The SMILES string of the molecule is Cc1nc(C(=O)Nc2cccc3cccnc23)n[nH]1. The molecule has 1 amide bonds. The van der Waals surface area contributed by atoms with E-state index < -0.39 is 0 Å². The number of para-hydroxylation sites is 1. The van der Waals surface area contributed by atoms with E-state index in [4.69, 9.17) is 0 Å². The van der Waals surface area contributed by atoms with Crippen molar-refractivity contribution in [3.8, 4) is 0 Å². The van der Waals surface area contributed by atoms with Crippen molar-refractivity contribution in [1.82, 2.24) is 20.2 Å². The molecule has 0 bridgehead atoms. The fraction of sp³-hybridized carbons (Fsp3) is 0.0769. The standard InChI is InChI=1S/C13H11N5O/c1-8-15-12(18-17-8)13(19)16-10-6-2-4-9-5-3-7-14-11(9)10/h2-7H,1H3,(H,16,19)(H,15,17,18). The molecule has 0 fully saturated rings. The highest BCUT2D eigenvalue weighted by Crippen LogP contribution is 2.20. The van der Waals surface area contributed by atoms with Crippen LogP contribution in [0.25, 0.3) is 10.9 Å². The Balaban J connectivity index is 1.95. The fourth-order valence-corrected chi connectivity index (χ4v) is 1.83. The molecular weight excluding hydrogens is 242 g/mol. The smallest absolute Gasteiger partial charge is 0.295 e. The second kappa shape index (κ2) is 4.49. The van der Waals surface area contributed by atoms with Gasteiger partial charge in [0.15, 0.2) is 0 Å².